The number of non-ortho nitro benzene ring substituents is 1. The number of carbonyl (C=O) groups excluding carboxylic acids is 1. The molecule has 5 aromatic carbocycles. The van der Waals surface area contributed by atoms with Crippen molar-refractivity contribution in [2.75, 3.05) is 0 Å². The molecule has 7 heteroatoms. The second-order valence-electron chi connectivity index (χ2n) is 8.13. The van der Waals surface area contributed by atoms with E-state index in [1.807, 2.05) is 60.7 Å². The highest BCUT2D eigenvalue weighted by atomic mass is 16.6. The number of nitro groups is 1. The van der Waals surface area contributed by atoms with Crippen LogP contribution >= 0.6 is 0 Å². The van der Waals surface area contributed by atoms with E-state index in [4.69, 9.17) is 4.74 Å². The van der Waals surface area contributed by atoms with Gasteiger partial charge in [-0.15, -0.1) is 0 Å². The minimum Gasteiger partial charge on any atom is -0.488 e. The van der Waals surface area contributed by atoms with Crippen molar-refractivity contribution in [1.29, 1.82) is 0 Å². The molecule has 0 atom stereocenters. The smallest absolute Gasteiger partial charge is 0.271 e. The van der Waals surface area contributed by atoms with E-state index < -0.39 is 10.8 Å². The SMILES string of the molecule is O=C(N/N=C\c1c(OCc2cccc3ccccc23)ccc2ccccc12)c1cccc([N+](=O)[O-])c1. The summed E-state index contributed by atoms with van der Waals surface area (Å²) < 4.78 is 6.24. The van der Waals surface area contributed by atoms with E-state index in [0.717, 1.165) is 27.1 Å². The Hall–Kier alpha value is -5.04. The second-order valence-corrected chi connectivity index (χ2v) is 8.13. The zero-order chi connectivity index (χ0) is 24.9. The molecule has 0 saturated carbocycles. The highest BCUT2D eigenvalue weighted by Gasteiger charge is 2.12. The van der Waals surface area contributed by atoms with Crippen molar-refractivity contribution in [3.63, 3.8) is 0 Å². The van der Waals surface area contributed by atoms with Gasteiger partial charge in [0, 0.05) is 23.3 Å². The number of rotatable bonds is 7. The maximum Gasteiger partial charge on any atom is 0.271 e. The maximum absolute atomic E-state index is 12.5. The standard InChI is InChI=1S/C29H21N3O4/c33-29(22-10-6-12-24(17-22)32(34)35)31-30-18-27-26-14-4-2-8-21(26)15-16-28(27)36-19-23-11-5-9-20-7-1-3-13-25(20)23/h1-18H,19H2,(H,31,33)/b30-18-. The molecule has 0 spiro atoms. The molecule has 0 saturated heterocycles. The number of nitrogens with zero attached hydrogens (tertiary/aromatic N) is 2. The number of carbonyl (C=O) groups is 1. The minimum absolute atomic E-state index is 0.145. The van der Waals surface area contributed by atoms with Gasteiger partial charge in [0.1, 0.15) is 12.4 Å². The average Bonchev–Trinajstić information content (AvgIpc) is 2.92. The molecule has 1 N–H and O–H groups in total. The number of ether oxygens (including phenoxy) is 1. The van der Waals surface area contributed by atoms with Gasteiger partial charge < -0.3 is 4.74 Å². The number of hydrazone groups is 1. The van der Waals surface area contributed by atoms with Gasteiger partial charge in [-0.05, 0) is 39.2 Å². The number of fused-ring (bicyclic) bond motifs is 2. The third-order valence-electron chi connectivity index (χ3n) is 5.87. The van der Waals surface area contributed by atoms with Crippen molar-refractivity contribution >= 4 is 39.4 Å². The lowest BCUT2D eigenvalue weighted by atomic mass is 10.0. The van der Waals surface area contributed by atoms with Crippen molar-refractivity contribution in [1.82, 2.24) is 5.43 Å². The van der Waals surface area contributed by atoms with Crippen LogP contribution in [0.3, 0.4) is 0 Å². The van der Waals surface area contributed by atoms with Gasteiger partial charge >= 0.3 is 0 Å². The molecule has 36 heavy (non-hydrogen) atoms. The summed E-state index contributed by atoms with van der Waals surface area (Å²) in [6.45, 7) is 0.362. The Labute approximate surface area is 206 Å². The number of hydrogen-bond donors (Lipinski definition) is 1. The molecule has 0 radical (unpaired) electrons. The van der Waals surface area contributed by atoms with Gasteiger partial charge in [0.15, 0.2) is 0 Å². The Bertz CT molecular complexity index is 1620. The van der Waals surface area contributed by atoms with Gasteiger partial charge in [0.2, 0.25) is 0 Å². The first-order chi connectivity index (χ1) is 17.6. The van der Waals surface area contributed by atoms with Crippen molar-refractivity contribution in [2.45, 2.75) is 6.61 Å². The summed E-state index contributed by atoms with van der Waals surface area (Å²) >= 11 is 0. The lowest BCUT2D eigenvalue weighted by Crippen LogP contribution is -2.17. The zero-order valence-corrected chi connectivity index (χ0v) is 19.1. The van der Waals surface area contributed by atoms with Crippen LogP contribution in [0.25, 0.3) is 21.5 Å². The summed E-state index contributed by atoms with van der Waals surface area (Å²) in [5.41, 5.74) is 4.21. The number of benzene rings is 5. The predicted octanol–water partition coefficient (Wildman–Crippen LogP) is 6.24. The van der Waals surface area contributed by atoms with Crippen molar-refractivity contribution < 1.29 is 14.5 Å². The van der Waals surface area contributed by atoms with Gasteiger partial charge in [-0.25, -0.2) is 5.43 Å². The van der Waals surface area contributed by atoms with E-state index >= 15 is 0 Å². The Morgan fingerprint density at radius 3 is 2.36 bits per heavy atom. The Morgan fingerprint density at radius 2 is 1.56 bits per heavy atom. The highest BCUT2D eigenvalue weighted by Crippen LogP contribution is 2.28. The van der Waals surface area contributed by atoms with Crippen LogP contribution in [0.15, 0.2) is 108 Å². The molecule has 5 rings (SSSR count). The monoisotopic (exact) mass is 475 g/mol. The first-order valence-corrected chi connectivity index (χ1v) is 11.3. The molecule has 0 aromatic heterocycles. The van der Waals surface area contributed by atoms with Gasteiger partial charge in [0.05, 0.1) is 11.1 Å². The van der Waals surface area contributed by atoms with Crippen molar-refractivity contribution in [3.8, 4) is 5.75 Å². The summed E-state index contributed by atoms with van der Waals surface area (Å²) in [6, 6.07) is 31.4. The molecule has 0 unspecified atom stereocenters. The highest BCUT2D eigenvalue weighted by molar-refractivity contribution is 6.03. The fraction of sp³-hybridized carbons (Fsp3) is 0.0345. The van der Waals surface area contributed by atoms with E-state index in [0.29, 0.717) is 17.9 Å². The fourth-order valence-corrected chi connectivity index (χ4v) is 4.09. The predicted molar refractivity (Wildman–Crippen MR) is 140 cm³/mol. The van der Waals surface area contributed by atoms with Gasteiger partial charge in [-0.2, -0.15) is 5.10 Å². The maximum atomic E-state index is 12.5. The van der Waals surface area contributed by atoms with Crippen LogP contribution in [0.2, 0.25) is 0 Å². The molecule has 1 amide bonds. The largest absolute Gasteiger partial charge is 0.488 e. The molecule has 0 fully saturated rings. The first-order valence-electron chi connectivity index (χ1n) is 11.3. The van der Waals surface area contributed by atoms with Gasteiger partial charge in [-0.3, -0.25) is 14.9 Å². The van der Waals surface area contributed by atoms with Crippen molar-refractivity contribution in [3.05, 3.63) is 130 Å². The number of hydrogen-bond acceptors (Lipinski definition) is 5. The van der Waals surface area contributed by atoms with E-state index in [9.17, 15) is 14.9 Å². The van der Waals surface area contributed by atoms with Gasteiger partial charge in [-0.1, -0.05) is 78.9 Å². The van der Waals surface area contributed by atoms with E-state index in [1.165, 1.54) is 30.5 Å². The molecule has 7 nitrogen and oxygen atoms in total. The molecular weight excluding hydrogens is 454 g/mol. The second kappa shape index (κ2) is 10.1. The average molecular weight is 476 g/mol. The lowest BCUT2D eigenvalue weighted by Gasteiger charge is -2.13. The summed E-state index contributed by atoms with van der Waals surface area (Å²) in [5.74, 6) is 0.0726. The first kappa shape index (κ1) is 22.7. The van der Waals surface area contributed by atoms with Crippen LogP contribution in [0.4, 0.5) is 5.69 Å². The van der Waals surface area contributed by atoms with Crippen molar-refractivity contribution in [2.24, 2.45) is 5.10 Å². The van der Waals surface area contributed by atoms with Crippen LogP contribution in [0, 0.1) is 10.1 Å². The summed E-state index contributed by atoms with van der Waals surface area (Å²) in [7, 11) is 0. The van der Waals surface area contributed by atoms with Crippen LogP contribution in [0.5, 0.6) is 5.75 Å². The number of amides is 1. The van der Waals surface area contributed by atoms with E-state index in [-0.39, 0.29) is 11.3 Å². The molecule has 0 heterocycles. The topological polar surface area (TPSA) is 93.8 Å². The molecule has 0 aliphatic rings. The number of nitrogens with one attached hydrogen (secondary N) is 1. The minimum atomic E-state index is -0.548. The number of nitro benzene ring substituents is 1. The Balaban J connectivity index is 1.42. The van der Waals surface area contributed by atoms with Crippen LogP contribution in [-0.4, -0.2) is 17.0 Å². The summed E-state index contributed by atoms with van der Waals surface area (Å²) in [5, 5.41) is 19.3. The fourth-order valence-electron chi connectivity index (χ4n) is 4.09. The quantitative estimate of drug-likeness (QED) is 0.171. The molecule has 0 aliphatic carbocycles. The molecule has 5 aromatic rings. The summed E-state index contributed by atoms with van der Waals surface area (Å²) in [6.07, 6.45) is 1.54. The van der Waals surface area contributed by atoms with Crippen LogP contribution in [-0.2, 0) is 6.61 Å². The molecule has 176 valence electrons. The van der Waals surface area contributed by atoms with E-state index in [1.54, 1.807) is 0 Å². The van der Waals surface area contributed by atoms with E-state index in [2.05, 4.69) is 28.7 Å². The normalized spacial score (nSPS) is 11.1. The lowest BCUT2D eigenvalue weighted by molar-refractivity contribution is -0.384. The molecule has 0 bridgehead atoms. The Morgan fingerprint density at radius 1 is 0.861 bits per heavy atom. The zero-order valence-electron chi connectivity index (χ0n) is 19.1. The van der Waals surface area contributed by atoms with Gasteiger partial charge in [0.25, 0.3) is 11.6 Å². The molecule has 0 aliphatic heterocycles. The third-order valence-corrected chi connectivity index (χ3v) is 5.87. The summed E-state index contributed by atoms with van der Waals surface area (Å²) in [4.78, 5) is 23.0. The molecular formula is C29H21N3O4. The third kappa shape index (κ3) is 4.76. The Kier molecular flexibility index (Phi) is 6.36. The van der Waals surface area contributed by atoms with Crippen LogP contribution < -0.4 is 10.2 Å². The van der Waals surface area contributed by atoms with Crippen LogP contribution in [0.1, 0.15) is 21.5 Å².